The Morgan fingerprint density at radius 2 is 1.63 bits per heavy atom. The van der Waals surface area contributed by atoms with Crippen LogP contribution in [0.1, 0.15) is 47.9 Å². The van der Waals surface area contributed by atoms with Gasteiger partial charge in [0.2, 0.25) is 21.8 Å². The van der Waals surface area contributed by atoms with Crippen LogP contribution in [0.2, 0.25) is 0 Å². The maximum atomic E-state index is 14.9. The standard InChI is InChI=1S/C32H38FN3O4S/c1-23-17-18-29(24(2)19-23)36(41(3,39)40)22-31(37)35(21-26-13-7-10-16-28(26)33)30(20-25-11-5-4-6-12-25)32(38)34-27-14-8-9-15-27/h4-7,10-13,16-19,27,30H,8-9,14-15,20-22H2,1-3H3,(H,34,38). The van der Waals surface area contributed by atoms with E-state index in [2.05, 4.69) is 5.32 Å². The third kappa shape index (κ3) is 7.94. The highest BCUT2D eigenvalue weighted by molar-refractivity contribution is 7.92. The number of amides is 2. The first kappa shape index (κ1) is 30.2. The van der Waals surface area contributed by atoms with Crippen LogP contribution in [-0.2, 0) is 32.6 Å². The Hall–Kier alpha value is -3.72. The lowest BCUT2D eigenvalue weighted by molar-refractivity contribution is -0.140. The van der Waals surface area contributed by atoms with Crippen molar-refractivity contribution in [3.8, 4) is 0 Å². The molecule has 1 aliphatic rings. The molecule has 0 aliphatic heterocycles. The van der Waals surface area contributed by atoms with Gasteiger partial charge in [-0.1, -0.05) is 79.1 Å². The summed E-state index contributed by atoms with van der Waals surface area (Å²) >= 11 is 0. The van der Waals surface area contributed by atoms with E-state index in [0.717, 1.165) is 47.4 Å². The SMILES string of the molecule is Cc1ccc(N(CC(=O)N(Cc2ccccc2F)C(Cc2ccccc2)C(=O)NC2CCCC2)S(C)(=O)=O)c(C)c1. The number of hydrogen-bond donors (Lipinski definition) is 1. The molecule has 1 saturated carbocycles. The van der Waals surface area contributed by atoms with E-state index < -0.39 is 34.3 Å². The van der Waals surface area contributed by atoms with Crippen molar-refractivity contribution in [2.45, 2.75) is 64.6 Å². The van der Waals surface area contributed by atoms with Gasteiger partial charge in [-0.25, -0.2) is 12.8 Å². The van der Waals surface area contributed by atoms with Crippen LogP contribution in [0, 0.1) is 19.7 Å². The van der Waals surface area contributed by atoms with Crippen LogP contribution in [0.3, 0.4) is 0 Å². The van der Waals surface area contributed by atoms with Crippen molar-refractivity contribution in [1.82, 2.24) is 10.2 Å². The molecule has 1 fully saturated rings. The van der Waals surface area contributed by atoms with Gasteiger partial charge >= 0.3 is 0 Å². The van der Waals surface area contributed by atoms with Gasteiger partial charge in [0.05, 0.1) is 11.9 Å². The average Bonchev–Trinajstić information content (AvgIpc) is 3.43. The molecule has 2 amide bonds. The first-order chi connectivity index (χ1) is 19.5. The van der Waals surface area contributed by atoms with Gasteiger partial charge in [0.15, 0.2) is 0 Å². The van der Waals surface area contributed by atoms with E-state index in [1.807, 2.05) is 43.3 Å². The molecule has 0 saturated heterocycles. The Morgan fingerprint density at radius 1 is 0.976 bits per heavy atom. The second kappa shape index (κ2) is 13.3. The molecule has 0 spiro atoms. The van der Waals surface area contributed by atoms with Crippen molar-refractivity contribution in [2.75, 3.05) is 17.1 Å². The summed E-state index contributed by atoms with van der Waals surface area (Å²) in [5.74, 6) is -1.43. The quantitative estimate of drug-likeness (QED) is 0.350. The summed E-state index contributed by atoms with van der Waals surface area (Å²) in [4.78, 5) is 29.3. The summed E-state index contributed by atoms with van der Waals surface area (Å²) in [7, 11) is -3.88. The summed E-state index contributed by atoms with van der Waals surface area (Å²) in [6.07, 6.45) is 5.01. The number of anilines is 1. The molecule has 3 aromatic rings. The molecule has 4 rings (SSSR count). The molecule has 7 nitrogen and oxygen atoms in total. The summed E-state index contributed by atoms with van der Waals surface area (Å²) in [5.41, 5.74) is 3.11. The van der Waals surface area contributed by atoms with E-state index in [9.17, 15) is 22.4 Å². The second-order valence-electron chi connectivity index (χ2n) is 10.9. The molecule has 218 valence electrons. The summed E-state index contributed by atoms with van der Waals surface area (Å²) < 4.78 is 41.9. The Bertz CT molecular complexity index is 1470. The van der Waals surface area contributed by atoms with Crippen molar-refractivity contribution >= 4 is 27.5 Å². The molecule has 41 heavy (non-hydrogen) atoms. The smallest absolute Gasteiger partial charge is 0.244 e. The normalized spacial score (nSPS) is 14.4. The average molecular weight is 580 g/mol. The summed E-state index contributed by atoms with van der Waals surface area (Å²) in [6, 6.07) is 19.8. The Morgan fingerprint density at radius 3 is 2.27 bits per heavy atom. The fourth-order valence-corrected chi connectivity index (χ4v) is 6.32. The van der Waals surface area contributed by atoms with Crippen molar-refractivity contribution in [3.05, 3.63) is 101 Å². The number of carbonyl (C=O) groups excluding carboxylic acids is 2. The van der Waals surface area contributed by atoms with Gasteiger partial charge in [-0.2, -0.15) is 0 Å². The van der Waals surface area contributed by atoms with Gasteiger partial charge in [0.25, 0.3) is 0 Å². The number of nitrogens with zero attached hydrogens (tertiary/aromatic N) is 2. The van der Waals surface area contributed by atoms with Crippen LogP contribution >= 0.6 is 0 Å². The maximum absolute atomic E-state index is 14.9. The van der Waals surface area contributed by atoms with Crippen molar-refractivity contribution in [1.29, 1.82) is 0 Å². The Labute approximate surface area is 242 Å². The largest absolute Gasteiger partial charge is 0.352 e. The molecule has 0 heterocycles. The third-order valence-electron chi connectivity index (χ3n) is 7.57. The zero-order valence-corrected chi connectivity index (χ0v) is 24.7. The summed E-state index contributed by atoms with van der Waals surface area (Å²) in [6.45, 7) is 2.97. The van der Waals surface area contributed by atoms with Crippen molar-refractivity contribution in [2.24, 2.45) is 0 Å². The fraction of sp³-hybridized carbons (Fsp3) is 0.375. The third-order valence-corrected chi connectivity index (χ3v) is 8.70. The molecule has 0 bridgehead atoms. The maximum Gasteiger partial charge on any atom is 0.244 e. The highest BCUT2D eigenvalue weighted by atomic mass is 32.2. The number of aryl methyl sites for hydroxylation is 2. The van der Waals surface area contributed by atoms with Gasteiger partial charge in [-0.3, -0.25) is 13.9 Å². The van der Waals surface area contributed by atoms with Crippen LogP contribution in [0.4, 0.5) is 10.1 Å². The van der Waals surface area contributed by atoms with Crippen LogP contribution < -0.4 is 9.62 Å². The Balaban J connectivity index is 1.75. The fourth-order valence-electron chi connectivity index (χ4n) is 5.41. The van der Waals surface area contributed by atoms with E-state index in [1.54, 1.807) is 37.3 Å². The number of nitrogens with one attached hydrogen (secondary N) is 1. The van der Waals surface area contributed by atoms with E-state index in [1.165, 1.54) is 11.0 Å². The van der Waals surface area contributed by atoms with Crippen LogP contribution in [0.25, 0.3) is 0 Å². The van der Waals surface area contributed by atoms with Gasteiger partial charge < -0.3 is 10.2 Å². The lowest BCUT2D eigenvalue weighted by Gasteiger charge is -2.34. The lowest BCUT2D eigenvalue weighted by Crippen LogP contribution is -2.54. The number of rotatable bonds is 11. The van der Waals surface area contributed by atoms with Crippen molar-refractivity contribution < 1.29 is 22.4 Å². The Kier molecular flexibility index (Phi) is 9.81. The minimum absolute atomic E-state index is 0.00825. The molecule has 1 N–H and O–H groups in total. The zero-order valence-electron chi connectivity index (χ0n) is 23.8. The molecule has 1 atom stereocenters. The topological polar surface area (TPSA) is 86.8 Å². The van der Waals surface area contributed by atoms with E-state index in [-0.39, 0.29) is 30.5 Å². The van der Waals surface area contributed by atoms with Crippen LogP contribution in [-0.4, -0.2) is 50.0 Å². The van der Waals surface area contributed by atoms with Crippen molar-refractivity contribution in [3.63, 3.8) is 0 Å². The lowest BCUT2D eigenvalue weighted by atomic mass is 10.0. The highest BCUT2D eigenvalue weighted by Gasteiger charge is 2.34. The van der Waals surface area contributed by atoms with Gasteiger partial charge in [-0.15, -0.1) is 0 Å². The molecular weight excluding hydrogens is 541 g/mol. The minimum atomic E-state index is -3.88. The highest BCUT2D eigenvalue weighted by Crippen LogP contribution is 2.25. The molecule has 0 radical (unpaired) electrons. The molecule has 1 unspecified atom stereocenters. The first-order valence-electron chi connectivity index (χ1n) is 13.9. The van der Waals surface area contributed by atoms with E-state index in [0.29, 0.717) is 11.3 Å². The zero-order chi connectivity index (χ0) is 29.6. The van der Waals surface area contributed by atoms with Gasteiger partial charge in [-0.05, 0) is 49.9 Å². The monoisotopic (exact) mass is 579 g/mol. The first-order valence-corrected chi connectivity index (χ1v) is 15.8. The van der Waals surface area contributed by atoms with Crippen LogP contribution in [0.5, 0.6) is 0 Å². The van der Waals surface area contributed by atoms with E-state index >= 15 is 0 Å². The van der Waals surface area contributed by atoms with E-state index in [4.69, 9.17) is 0 Å². The number of sulfonamides is 1. The predicted molar refractivity (Wildman–Crippen MR) is 159 cm³/mol. The van der Waals surface area contributed by atoms with Gasteiger partial charge in [0.1, 0.15) is 18.4 Å². The molecule has 1 aliphatic carbocycles. The van der Waals surface area contributed by atoms with Crippen LogP contribution in [0.15, 0.2) is 72.8 Å². The number of hydrogen-bond acceptors (Lipinski definition) is 4. The van der Waals surface area contributed by atoms with Gasteiger partial charge in [0, 0.05) is 24.6 Å². The minimum Gasteiger partial charge on any atom is -0.352 e. The number of carbonyl (C=O) groups is 2. The molecule has 9 heteroatoms. The predicted octanol–water partition coefficient (Wildman–Crippen LogP) is 4.91. The second-order valence-corrected chi connectivity index (χ2v) is 12.8. The summed E-state index contributed by atoms with van der Waals surface area (Å²) in [5, 5.41) is 3.11. The molecular formula is C32H38FN3O4S. The number of benzene rings is 3. The molecule has 3 aromatic carbocycles. The molecule has 0 aromatic heterocycles. The number of halogens is 1.